The summed E-state index contributed by atoms with van der Waals surface area (Å²) < 4.78 is 74.1. The van der Waals surface area contributed by atoms with Crippen molar-refractivity contribution in [2.75, 3.05) is 25.7 Å². The largest absolute Gasteiger partial charge is 0.414 e. The van der Waals surface area contributed by atoms with E-state index >= 15 is 0 Å². The summed E-state index contributed by atoms with van der Waals surface area (Å²) in [4.78, 5) is 0. The van der Waals surface area contributed by atoms with Gasteiger partial charge in [-0.05, 0) is 32.0 Å². The van der Waals surface area contributed by atoms with Gasteiger partial charge in [0.1, 0.15) is 18.3 Å². The predicted octanol–water partition coefficient (Wildman–Crippen LogP) is 1.85. The van der Waals surface area contributed by atoms with Crippen LogP contribution in [0.5, 0.6) is 0 Å². The van der Waals surface area contributed by atoms with Gasteiger partial charge in [0.15, 0.2) is 14.1 Å². The van der Waals surface area contributed by atoms with Crippen molar-refractivity contribution in [3.63, 3.8) is 0 Å². The second kappa shape index (κ2) is 8.58. The summed E-state index contributed by atoms with van der Waals surface area (Å²) in [5, 5.41) is -0.0895. The van der Waals surface area contributed by atoms with Gasteiger partial charge >= 0.3 is 0 Å². The Morgan fingerprint density at radius 1 is 1.04 bits per heavy atom. The van der Waals surface area contributed by atoms with Crippen LogP contribution in [0.1, 0.15) is 34.6 Å². The first-order chi connectivity index (χ1) is 12.2. The van der Waals surface area contributed by atoms with Crippen LogP contribution in [0, 0.1) is 0 Å². The molecule has 0 N–H and O–H groups in total. The Balaban J connectivity index is 3.08. The molecule has 1 saturated heterocycles. The van der Waals surface area contributed by atoms with E-state index in [1.54, 1.807) is 13.8 Å². The molecule has 0 aromatic rings. The third kappa shape index (κ3) is 8.34. The number of hydrogen-bond acceptors (Lipinski definition) is 9. The van der Waals surface area contributed by atoms with E-state index in [1.165, 1.54) is 0 Å². The molecule has 12 heteroatoms. The molecule has 1 aliphatic heterocycles. The van der Waals surface area contributed by atoms with Gasteiger partial charge in [-0.25, -0.2) is 0 Å². The number of ether oxygens (including phenoxy) is 2. The number of rotatable bonds is 9. The Morgan fingerprint density at radius 3 is 2.00 bits per heavy atom. The quantitative estimate of drug-likeness (QED) is 0.374. The lowest BCUT2D eigenvalue weighted by atomic mass is 10.1. The van der Waals surface area contributed by atoms with Gasteiger partial charge in [-0.3, -0.25) is 8.37 Å². The van der Waals surface area contributed by atoms with E-state index in [-0.39, 0.29) is 18.3 Å². The average molecular weight is 463 g/mol. The first-order valence-corrected chi connectivity index (χ1v) is 15.5. The highest BCUT2D eigenvalue weighted by molar-refractivity contribution is 7.86. The van der Waals surface area contributed by atoms with Crippen molar-refractivity contribution in [1.29, 1.82) is 0 Å². The predicted molar refractivity (Wildman–Crippen MR) is 107 cm³/mol. The van der Waals surface area contributed by atoms with E-state index in [1.807, 2.05) is 13.1 Å². The average Bonchev–Trinajstić information content (AvgIpc) is 2.73. The molecule has 0 saturated carbocycles. The first-order valence-electron chi connectivity index (χ1n) is 8.95. The van der Waals surface area contributed by atoms with Crippen LogP contribution >= 0.6 is 0 Å². The fourth-order valence-corrected chi connectivity index (χ4v) is 4.42. The van der Waals surface area contributed by atoms with Crippen molar-refractivity contribution < 1.29 is 39.1 Å². The van der Waals surface area contributed by atoms with Crippen molar-refractivity contribution in [3.05, 3.63) is 0 Å². The Kier molecular flexibility index (Phi) is 7.95. The summed E-state index contributed by atoms with van der Waals surface area (Å²) in [5.41, 5.74) is 0. The molecule has 3 atom stereocenters. The van der Waals surface area contributed by atoms with Crippen molar-refractivity contribution >= 4 is 28.6 Å². The Labute approximate surface area is 170 Å². The molecular formula is C16H34O9S2Si. The highest BCUT2D eigenvalue weighted by Crippen LogP contribution is 2.38. The van der Waals surface area contributed by atoms with Crippen LogP contribution in [0.25, 0.3) is 0 Å². The molecular weight excluding hydrogens is 428 g/mol. The molecule has 0 spiro atoms. The van der Waals surface area contributed by atoms with Crippen molar-refractivity contribution in [3.8, 4) is 0 Å². The highest BCUT2D eigenvalue weighted by atomic mass is 32.2. The molecule has 1 aliphatic rings. The first kappa shape index (κ1) is 26.0. The SMILES string of the molecule is CC1(C)OC(COS(C)(=O)=O)C(C(CO[Si](C)(C)C(C)(C)C)OS(C)(=O)=O)O1. The van der Waals surface area contributed by atoms with Crippen LogP contribution in [0.15, 0.2) is 0 Å². The third-order valence-corrected chi connectivity index (χ3v) is 10.4. The van der Waals surface area contributed by atoms with Crippen LogP contribution in [0.4, 0.5) is 0 Å². The van der Waals surface area contributed by atoms with E-state index in [2.05, 4.69) is 20.8 Å². The second-order valence-corrected chi connectivity index (χ2v) is 17.1. The molecule has 1 fully saturated rings. The lowest BCUT2D eigenvalue weighted by molar-refractivity contribution is -0.156. The maximum Gasteiger partial charge on any atom is 0.264 e. The van der Waals surface area contributed by atoms with E-state index < -0.39 is 52.7 Å². The lowest BCUT2D eigenvalue weighted by Crippen LogP contribution is -2.48. The molecule has 0 aromatic heterocycles. The summed E-state index contributed by atoms with van der Waals surface area (Å²) >= 11 is 0. The Bertz CT molecular complexity index is 739. The second-order valence-electron chi connectivity index (χ2n) is 9.04. The summed E-state index contributed by atoms with van der Waals surface area (Å²) in [6.07, 6.45) is -0.890. The summed E-state index contributed by atoms with van der Waals surface area (Å²) in [7, 11) is -9.73. The molecule has 168 valence electrons. The Hall–Kier alpha value is -0.0831. The summed E-state index contributed by atoms with van der Waals surface area (Å²) in [6, 6.07) is 0. The molecule has 1 heterocycles. The summed E-state index contributed by atoms with van der Waals surface area (Å²) in [6.45, 7) is 13.2. The molecule has 0 bridgehead atoms. The van der Waals surface area contributed by atoms with Gasteiger partial charge in [-0.2, -0.15) is 16.8 Å². The van der Waals surface area contributed by atoms with Crippen LogP contribution in [-0.4, -0.2) is 75.0 Å². The zero-order valence-corrected chi connectivity index (χ0v) is 20.8. The van der Waals surface area contributed by atoms with Crippen LogP contribution in [-0.2, 0) is 42.5 Å². The minimum Gasteiger partial charge on any atom is -0.414 e. The van der Waals surface area contributed by atoms with Gasteiger partial charge in [-0.15, -0.1) is 0 Å². The lowest BCUT2D eigenvalue weighted by Gasteiger charge is -2.38. The maximum absolute atomic E-state index is 11.8. The molecule has 0 aromatic carbocycles. The Morgan fingerprint density at radius 2 is 1.57 bits per heavy atom. The van der Waals surface area contributed by atoms with Crippen LogP contribution < -0.4 is 0 Å². The van der Waals surface area contributed by atoms with Crippen molar-refractivity contribution in [2.45, 2.75) is 76.8 Å². The minimum atomic E-state index is -3.83. The zero-order valence-electron chi connectivity index (χ0n) is 18.1. The van der Waals surface area contributed by atoms with E-state index in [9.17, 15) is 16.8 Å². The number of hydrogen-bond donors (Lipinski definition) is 0. The maximum atomic E-state index is 11.8. The van der Waals surface area contributed by atoms with Crippen LogP contribution in [0.2, 0.25) is 18.1 Å². The summed E-state index contributed by atoms with van der Waals surface area (Å²) in [5.74, 6) is -1.06. The van der Waals surface area contributed by atoms with Gasteiger partial charge in [0.25, 0.3) is 20.2 Å². The monoisotopic (exact) mass is 462 g/mol. The van der Waals surface area contributed by atoms with Crippen LogP contribution in [0.3, 0.4) is 0 Å². The van der Waals surface area contributed by atoms with E-state index in [0.29, 0.717) is 0 Å². The molecule has 0 amide bonds. The minimum absolute atomic E-state index is 0.0386. The van der Waals surface area contributed by atoms with Gasteiger partial charge in [0, 0.05) is 0 Å². The topological polar surface area (TPSA) is 114 Å². The fraction of sp³-hybridized carbons (Fsp3) is 1.00. The normalized spacial score (nSPS) is 25.0. The fourth-order valence-electron chi connectivity index (χ4n) is 2.41. The third-order valence-electron chi connectivity index (χ3n) is 4.75. The molecule has 3 unspecified atom stereocenters. The standard InChI is InChI=1S/C16H34O9S2Si/c1-15(2,3)28(8,9)22-11-13(25-27(7,19)20)14-12(10-21-26(6,17)18)23-16(4,5)24-14/h12-14H,10-11H2,1-9H3. The van der Waals surface area contributed by atoms with E-state index in [4.69, 9.17) is 22.3 Å². The highest BCUT2D eigenvalue weighted by Gasteiger charge is 2.48. The van der Waals surface area contributed by atoms with Gasteiger partial charge < -0.3 is 13.9 Å². The smallest absolute Gasteiger partial charge is 0.264 e. The molecule has 1 rings (SSSR count). The molecule has 9 nitrogen and oxygen atoms in total. The zero-order chi connectivity index (χ0) is 22.2. The van der Waals surface area contributed by atoms with Gasteiger partial charge in [0.2, 0.25) is 0 Å². The van der Waals surface area contributed by atoms with Crippen molar-refractivity contribution in [2.24, 2.45) is 0 Å². The molecule has 28 heavy (non-hydrogen) atoms. The molecule has 0 radical (unpaired) electrons. The molecule has 0 aliphatic carbocycles. The van der Waals surface area contributed by atoms with Crippen molar-refractivity contribution in [1.82, 2.24) is 0 Å². The van der Waals surface area contributed by atoms with Gasteiger partial charge in [-0.1, -0.05) is 20.8 Å². The van der Waals surface area contributed by atoms with E-state index in [0.717, 1.165) is 12.5 Å². The van der Waals surface area contributed by atoms with Gasteiger partial charge in [0.05, 0.1) is 25.7 Å².